The van der Waals surface area contributed by atoms with Gasteiger partial charge in [0.1, 0.15) is 6.04 Å². The Hall–Kier alpha value is -0.790. The number of carbonyl (C=O) groups excluding carboxylic acids is 1. The second-order valence-electron chi connectivity index (χ2n) is 2.95. The molecule has 1 rings (SSSR count). The monoisotopic (exact) mass is 235 g/mol. The number of hydrogen-bond donors (Lipinski definition) is 4. The zero-order chi connectivity index (χ0) is 11.7. The highest BCUT2D eigenvalue weighted by Gasteiger charge is 2.08. The molecular formula is C8H17N3O3S. The van der Waals surface area contributed by atoms with Gasteiger partial charge in [-0.05, 0) is 18.4 Å². The van der Waals surface area contributed by atoms with E-state index < -0.39 is 12.0 Å². The number of thioether (sulfide) groups is 1. The predicted molar refractivity (Wildman–Crippen MR) is 59.4 cm³/mol. The molecule has 0 aromatic rings. The Kier molecular flexibility index (Phi) is 8.06. The van der Waals surface area contributed by atoms with Gasteiger partial charge < -0.3 is 10.8 Å². The first kappa shape index (κ1) is 14.2. The van der Waals surface area contributed by atoms with Gasteiger partial charge in [0.15, 0.2) is 0 Å². The molecule has 0 saturated carbocycles. The summed E-state index contributed by atoms with van der Waals surface area (Å²) in [7, 11) is 0. The van der Waals surface area contributed by atoms with Gasteiger partial charge in [0, 0.05) is 13.0 Å². The van der Waals surface area contributed by atoms with Crippen LogP contribution in [0.5, 0.6) is 0 Å². The molecule has 1 saturated heterocycles. The van der Waals surface area contributed by atoms with Crippen LogP contribution in [0.3, 0.4) is 0 Å². The first-order valence-corrected chi connectivity index (χ1v) is 5.96. The van der Waals surface area contributed by atoms with Crippen molar-refractivity contribution in [1.82, 2.24) is 10.9 Å². The molecule has 7 heteroatoms. The molecule has 0 aromatic heterocycles. The molecule has 88 valence electrons. The van der Waals surface area contributed by atoms with Crippen LogP contribution in [-0.2, 0) is 9.59 Å². The fourth-order valence-electron chi connectivity index (χ4n) is 0.768. The number of carboxylic acid groups (broad SMARTS) is 1. The van der Waals surface area contributed by atoms with E-state index in [0.29, 0.717) is 12.8 Å². The van der Waals surface area contributed by atoms with E-state index in [0.717, 1.165) is 12.3 Å². The average Bonchev–Trinajstić information content (AvgIpc) is 2.66. The molecule has 6 nitrogen and oxygen atoms in total. The summed E-state index contributed by atoms with van der Waals surface area (Å²) in [5.74, 6) is -0.00736. The standard InChI is InChI=1S/C5H11NO2S.C3H6N2O/c1-9-3-2-4(6)5(7)8;6-3-1-2-4-5-3/h4H,2-3,6H2,1H3,(H,7,8);4H,1-2H2,(H,5,6)/t4-;/m0./s1. The molecule has 0 spiro atoms. The van der Waals surface area contributed by atoms with Gasteiger partial charge in [-0.1, -0.05) is 0 Å². The molecule has 1 aliphatic rings. The third-order valence-electron chi connectivity index (χ3n) is 1.66. The number of amides is 1. The van der Waals surface area contributed by atoms with E-state index in [9.17, 15) is 9.59 Å². The third kappa shape index (κ3) is 8.22. The van der Waals surface area contributed by atoms with Crippen LogP contribution in [0.1, 0.15) is 12.8 Å². The smallest absolute Gasteiger partial charge is 0.320 e. The Labute approximate surface area is 92.9 Å². The van der Waals surface area contributed by atoms with Gasteiger partial charge in [-0.15, -0.1) is 0 Å². The third-order valence-corrected chi connectivity index (χ3v) is 2.30. The van der Waals surface area contributed by atoms with Gasteiger partial charge >= 0.3 is 5.97 Å². The van der Waals surface area contributed by atoms with Gasteiger partial charge in [-0.2, -0.15) is 11.8 Å². The van der Waals surface area contributed by atoms with E-state index in [-0.39, 0.29) is 5.91 Å². The van der Waals surface area contributed by atoms with E-state index in [1.54, 1.807) is 11.8 Å². The van der Waals surface area contributed by atoms with E-state index in [1.165, 1.54) is 0 Å². The van der Waals surface area contributed by atoms with E-state index in [2.05, 4.69) is 10.9 Å². The highest BCUT2D eigenvalue weighted by atomic mass is 32.2. The maximum Gasteiger partial charge on any atom is 0.320 e. The SMILES string of the molecule is CSCC[C@H](N)C(=O)O.O=C1CCNN1. The van der Waals surface area contributed by atoms with Crippen molar-refractivity contribution in [3.63, 3.8) is 0 Å². The molecule has 0 radical (unpaired) electrons. The number of aliphatic carboxylic acids is 1. The fourth-order valence-corrected chi connectivity index (χ4v) is 1.26. The van der Waals surface area contributed by atoms with Crippen molar-refractivity contribution in [2.75, 3.05) is 18.6 Å². The number of carbonyl (C=O) groups is 2. The molecule has 0 bridgehead atoms. The summed E-state index contributed by atoms with van der Waals surface area (Å²) in [6.45, 7) is 0.777. The highest BCUT2D eigenvalue weighted by molar-refractivity contribution is 7.98. The van der Waals surface area contributed by atoms with Crippen LogP contribution < -0.4 is 16.6 Å². The van der Waals surface area contributed by atoms with Crippen LogP contribution in [0.15, 0.2) is 0 Å². The summed E-state index contributed by atoms with van der Waals surface area (Å²) < 4.78 is 0. The van der Waals surface area contributed by atoms with Crippen molar-refractivity contribution in [3.05, 3.63) is 0 Å². The topological polar surface area (TPSA) is 104 Å². The summed E-state index contributed by atoms with van der Waals surface area (Å²) in [6, 6.07) is -0.683. The molecule has 0 unspecified atom stereocenters. The molecule has 1 amide bonds. The van der Waals surface area contributed by atoms with Gasteiger partial charge in [0.2, 0.25) is 5.91 Å². The lowest BCUT2D eigenvalue weighted by molar-refractivity contribution is -0.138. The van der Waals surface area contributed by atoms with Crippen molar-refractivity contribution in [3.8, 4) is 0 Å². The number of nitrogens with two attached hydrogens (primary N) is 1. The number of nitrogens with one attached hydrogen (secondary N) is 2. The maximum atomic E-state index is 10.1. The minimum atomic E-state index is -0.913. The number of carboxylic acids is 1. The first-order chi connectivity index (χ1) is 7.07. The molecule has 1 heterocycles. The summed E-state index contributed by atoms with van der Waals surface area (Å²) in [6.07, 6.45) is 3.10. The van der Waals surface area contributed by atoms with E-state index in [1.807, 2.05) is 6.26 Å². The second kappa shape index (κ2) is 8.51. The Balaban J connectivity index is 0.000000280. The van der Waals surface area contributed by atoms with Crippen LogP contribution in [-0.4, -0.2) is 41.6 Å². The normalized spacial score (nSPS) is 16.3. The molecule has 1 atom stereocenters. The van der Waals surface area contributed by atoms with Crippen molar-refractivity contribution >= 4 is 23.6 Å². The highest BCUT2D eigenvalue weighted by Crippen LogP contribution is 1.97. The van der Waals surface area contributed by atoms with Crippen LogP contribution in [0.4, 0.5) is 0 Å². The molecule has 1 fully saturated rings. The van der Waals surface area contributed by atoms with Crippen LogP contribution >= 0.6 is 11.8 Å². The number of hydrazine groups is 1. The first-order valence-electron chi connectivity index (χ1n) is 4.57. The van der Waals surface area contributed by atoms with Crippen LogP contribution in [0, 0.1) is 0 Å². The zero-order valence-corrected chi connectivity index (χ0v) is 9.47. The molecule has 1 aliphatic heterocycles. The molecule has 0 aliphatic carbocycles. The Morgan fingerprint density at radius 3 is 2.67 bits per heavy atom. The Morgan fingerprint density at radius 1 is 1.73 bits per heavy atom. The lowest BCUT2D eigenvalue weighted by atomic mass is 10.2. The van der Waals surface area contributed by atoms with Gasteiger partial charge in [-0.3, -0.25) is 15.0 Å². The van der Waals surface area contributed by atoms with E-state index >= 15 is 0 Å². The number of hydrogen-bond acceptors (Lipinski definition) is 5. The fraction of sp³-hybridized carbons (Fsp3) is 0.750. The minimum Gasteiger partial charge on any atom is -0.480 e. The summed E-state index contributed by atoms with van der Waals surface area (Å²) in [4.78, 5) is 20.1. The van der Waals surface area contributed by atoms with Gasteiger partial charge in [0.05, 0.1) is 0 Å². The second-order valence-corrected chi connectivity index (χ2v) is 3.94. The lowest BCUT2D eigenvalue weighted by Crippen LogP contribution is -2.30. The van der Waals surface area contributed by atoms with Crippen molar-refractivity contribution in [2.24, 2.45) is 5.73 Å². The summed E-state index contributed by atoms with van der Waals surface area (Å²) in [5.41, 5.74) is 10.3. The summed E-state index contributed by atoms with van der Waals surface area (Å²) in [5, 5.41) is 8.27. The Morgan fingerprint density at radius 2 is 2.40 bits per heavy atom. The lowest BCUT2D eigenvalue weighted by Gasteiger charge is -2.02. The van der Waals surface area contributed by atoms with Crippen molar-refractivity contribution in [2.45, 2.75) is 18.9 Å². The maximum absolute atomic E-state index is 10.1. The Bertz CT molecular complexity index is 205. The van der Waals surface area contributed by atoms with Crippen molar-refractivity contribution in [1.29, 1.82) is 0 Å². The van der Waals surface area contributed by atoms with E-state index in [4.69, 9.17) is 10.8 Å². The molecule has 0 aromatic carbocycles. The van der Waals surface area contributed by atoms with Gasteiger partial charge in [-0.25, -0.2) is 5.43 Å². The van der Waals surface area contributed by atoms with Gasteiger partial charge in [0.25, 0.3) is 0 Å². The molecule has 5 N–H and O–H groups in total. The predicted octanol–water partition coefficient (Wildman–Crippen LogP) is -0.838. The molecular weight excluding hydrogens is 218 g/mol. The molecule has 15 heavy (non-hydrogen) atoms. The van der Waals surface area contributed by atoms with Crippen LogP contribution in [0.25, 0.3) is 0 Å². The minimum absolute atomic E-state index is 0.0926. The largest absolute Gasteiger partial charge is 0.480 e. The van der Waals surface area contributed by atoms with Crippen molar-refractivity contribution < 1.29 is 14.7 Å². The quantitative estimate of drug-likeness (QED) is 0.506. The number of rotatable bonds is 4. The average molecular weight is 235 g/mol. The summed E-state index contributed by atoms with van der Waals surface area (Å²) >= 11 is 1.60. The zero-order valence-electron chi connectivity index (χ0n) is 8.66. The van der Waals surface area contributed by atoms with Crippen LogP contribution in [0.2, 0.25) is 0 Å².